The first-order chi connectivity index (χ1) is 6.72. The zero-order valence-electron chi connectivity index (χ0n) is 8.48. The van der Waals surface area contributed by atoms with Crippen molar-refractivity contribution in [3.8, 4) is 0 Å². The lowest BCUT2D eigenvalue weighted by Gasteiger charge is -2.44. The van der Waals surface area contributed by atoms with Crippen LogP contribution in [0.4, 0.5) is 0 Å². The molecule has 14 heavy (non-hydrogen) atoms. The standard InChI is InChI=1S/C12H18O2/c1-2-3-4-9-5-8-6-10(13)12(9)11(14)7-8/h2,8-10,12-13H,1,3-7H2. The Kier molecular flexibility index (Phi) is 2.73. The number of hydrogen-bond donors (Lipinski definition) is 1. The lowest BCUT2D eigenvalue weighted by molar-refractivity contribution is -0.142. The predicted octanol–water partition coefficient (Wildman–Crippen LogP) is 1.93. The van der Waals surface area contributed by atoms with Gasteiger partial charge in [0.15, 0.2) is 0 Å². The Morgan fingerprint density at radius 1 is 1.50 bits per heavy atom. The van der Waals surface area contributed by atoms with Crippen molar-refractivity contribution in [3.05, 3.63) is 12.7 Å². The summed E-state index contributed by atoms with van der Waals surface area (Å²) in [6, 6.07) is 0. The van der Waals surface area contributed by atoms with Crippen LogP contribution in [0.25, 0.3) is 0 Å². The predicted molar refractivity (Wildman–Crippen MR) is 54.8 cm³/mol. The molecule has 2 nitrogen and oxygen atoms in total. The second kappa shape index (κ2) is 3.85. The molecule has 3 rings (SSSR count). The number of Topliss-reactive ketones (excluding diaryl/α,β-unsaturated/α-hetero) is 1. The van der Waals surface area contributed by atoms with Gasteiger partial charge in [-0.1, -0.05) is 6.08 Å². The first-order valence-electron chi connectivity index (χ1n) is 5.54. The average molecular weight is 194 g/mol. The van der Waals surface area contributed by atoms with E-state index < -0.39 is 0 Å². The van der Waals surface area contributed by atoms with E-state index >= 15 is 0 Å². The molecule has 0 saturated heterocycles. The van der Waals surface area contributed by atoms with Crippen molar-refractivity contribution in [3.63, 3.8) is 0 Å². The Morgan fingerprint density at radius 2 is 2.29 bits per heavy atom. The monoisotopic (exact) mass is 194 g/mol. The number of rotatable bonds is 3. The molecule has 2 bridgehead atoms. The molecule has 3 saturated carbocycles. The number of aliphatic hydroxyl groups excluding tert-OH is 1. The Balaban J connectivity index is 2.05. The van der Waals surface area contributed by atoms with E-state index in [0.29, 0.717) is 24.0 Å². The number of ketones is 1. The maximum Gasteiger partial charge on any atom is 0.139 e. The lowest BCUT2D eigenvalue weighted by atomic mass is 9.61. The quantitative estimate of drug-likeness (QED) is 0.697. The summed E-state index contributed by atoms with van der Waals surface area (Å²) in [5.41, 5.74) is 0. The number of hydrogen-bond acceptors (Lipinski definition) is 2. The number of allylic oxidation sites excluding steroid dienone is 1. The van der Waals surface area contributed by atoms with Crippen molar-refractivity contribution >= 4 is 5.78 Å². The largest absolute Gasteiger partial charge is 0.392 e. The van der Waals surface area contributed by atoms with Gasteiger partial charge in [0.1, 0.15) is 5.78 Å². The maximum absolute atomic E-state index is 11.7. The van der Waals surface area contributed by atoms with Gasteiger partial charge in [-0.25, -0.2) is 0 Å². The van der Waals surface area contributed by atoms with Gasteiger partial charge in [-0.05, 0) is 37.5 Å². The van der Waals surface area contributed by atoms with Gasteiger partial charge < -0.3 is 5.11 Å². The third-order valence-corrected chi connectivity index (χ3v) is 3.74. The van der Waals surface area contributed by atoms with Crippen LogP contribution in [-0.4, -0.2) is 17.0 Å². The highest BCUT2D eigenvalue weighted by molar-refractivity contribution is 5.83. The Labute approximate surface area is 85.0 Å². The molecule has 0 spiro atoms. The number of aliphatic hydroxyl groups is 1. The lowest BCUT2D eigenvalue weighted by Crippen LogP contribution is -2.47. The number of carbonyl (C=O) groups is 1. The molecular formula is C12H18O2. The van der Waals surface area contributed by atoms with Gasteiger partial charge in [-0.3, -0.25) is 4.79 Å². The summed E-state index contributed by atoms with van der Waals surface area (Å²) in [5, 5.41) is 9.79. The van der Waals surface area contributed by atoms with Crippen LogP contribution in [0.15, 0.2) is 12.7 Å². The summed E-state index contributed by atoms with van der Waals surface area (Å²) < 4.78 is 0. The SMILES string of the molecule is C=CCCC1CC2CC(=O)C1C(O)C2. The minimum atomic E-state index is -0.357. The molecule has 4 unspecified atom stereocenters. The van der Waals surface area contributed by atoms with E-state index in [-0.39, 0.29) is 12.0 Å². The van der Waals surface area contributed by atoms with Crippen LogP contribution in [0.2, 0.25) is 0 Å². The Bertz CT molecular complexity index is 247. The van der Waals surface area contributed by atoms with E-state index in [4.69, 9.17) is 0 Å². The van der Waals surface area contributed by atoms with Crippen LogP contribution >= 0.6 is 0 Å². The Morgan fingerprint density at radius 3 is 2.86 bits per heavy atom. The van der Waals surface area contributed by atoms with E-state index in [0.717, 1.165) is 25.7 Å². The Hall–Kier alpha value is -0.630. The van der Waals surface area contributed by atoms with Crippen molar-refractivity contribution in [2.24, 2.45) is 17.8 Å². The molecular weight excluding hydrogens is 176 g/mol. The van der Waals surface area contributed by atoms with Gasteiger partial charge in [-0.2, -0.15) is 0 Å². The molecule has 3 aliphatic rings. The van der Waals surface area contributed by atoms with Crippen LogP contribution in [-0.2, 0) is 4.79 Å². The molecule has 0 aliphatic heterocycles. The summed E-state index contributed by atoms with van der Waals surface area (Å²) in [4.78, 5) is 11.7. The fraction of sp³-hybridized carbons (Fsp3) is 0.750. The molecule has 0 aromatic carbocycles. The highest BCUT2D eigenvalue weighted by Gasteiger charge is 2.46. The third-order valence-electron chi connectivity index (χ3n) is 3.74. The zero-order chi connectivity index (χ0) is 10.1. The van der Waals surface area contributed by atoms with Crippen LogP contribution in [0.3, 0.4) is 0 Å². The van der Waals surface area contributed by atoms with Crippen molar-refractivity contribution in [1.82, 2.24) is 0 Å². The summed E-state index contributed by atoms with van der Waals surface area (Å²) in [7, 11) is 0. The summed E-state index contributed by atoms with van der Waals surface area (Å²) in [5.74, 6) is 1.12. The van der Waals surface area contributed by atoms with E-state index in [9.17, 15) is 9.90 Å². The van der Waals surface area contributed by atoms with Crippen LogP contribution < -0.4 is 0 Å². The summed E-state index contributed by atoms with van der Waals surface area (Å²) in [6.07, 6.45) is 6.24. The van der Waals surface area contributed by atoms with E-state index in [2.05, 4.69) is 6.58 Å². The molecule has 2 heteroatoms. The van der Waals surface area contributed by atoms with Gasteiger partial charge in [0.25, 0.3) is 0 Å². The molecule has 0 aromatic heterocycles. The van der Waals surface area contributed by atoms with Crippen molar-refractivity contribution in [2.45, 2.75) is 38.2 Å². The third kappa shape index (κ3) is 1.63. The van der Waals surface area contributed by atoms with Crippen molar-refractivity contribution < 1.29 is 9.90 Å². The van der Waals surface area contributed by atoms with E-state index in [1.807, 2.05) is 6.08 Å². The minimum absolute atomic E-state index is 0.0556. The second-order valence-corrected chi connectivity index (χ2v) is 4.73. The molecule has 3 aliphatic carbocycles. The van der Waals surface area contributed by atoms with E-state index in [1.54, 1.807) is 0 Å². The summed E-state index contributed by atoms with van der Waals surface area (Å²) >= 11 is 0. The van der Waals surface area contributed by atoms with E-state index in [1.165, 1.54) is 0 Å². The normalized spacial score (nSPS) is 41.4. The van der Waals surface area contributed by atoms with Gasteiger partial charge >= 0.3 is 0 Å². The van der Waals surface area contributed by atoms with Crippen molar-refractivity contribution in [2.75, 3.05) is 0 Å². The molecule has 78 valence electrons. The van der Waals surface area contributed by atoms with Gasteiger partial charge in [0.2, 0.25) is 0 Å². The average Bonchev–Trinajstić information content (AvgIpc) is 2.13. The van der Waals surface area contributed by atoms with Crippen molar-refractivity contribution in [1.29, 1.82) is 0 Å². The molecule has 4 atom stereocenters. The summed E-state index contributed by atoms with van der Waals surface area (Å²) in [6.45, 7) is 3.70. The first kappa shape index (κ1) is 9.91. The molecule has 0 heterocycles. The first-order valence-corrected chi connectivity index (χ1v) is 5.54. The highest BCUT2D eigenvalue weighted by atomic mass is 16.3. The highest BCUT2D eigenvalue weighted by Crippen LogP contribution is 2.44. The molecule has 3 fully saturated rings. The van der Waals surface area contributed by atoms with Gasteiger partial charge in [0.05, 0.1) is 6.10 Å². The number of fused-ring (bicyclic) bond motifs is 3. The fourth-order valence-electron chi connectivity index (χ4n) is 3.17. The second-order valence-electron chi connectivity index (χ2n) is 4.73. The smallest absolute Gasteiger partial charge is 0.139 e. The van der Waals surface area contributed by atoms with Gasteiger partial charge in [-0.15, -0.1) is 6.58 Å². The molecule has 0 amide bonds. The van der Waals surface area contributed by atoms with Crippen LogP contribution in [0.1, 0.15) is 32.1 Å². The molecule has 1 N–H and O–H groups in total. The zero-order valence-corrected chi connectivity index (χ0v) is 8.48. The minimum Gasteiger partial charge on any atom is -0.392 e. The molecule has 0 radical (unpaired) electrons. The molecule has 0 aromatic rings. The number of carbonyl (C=O) groups excluding carboxylic acids is 1. The van der Waals surface area contributed by atoms with Gasteiger partial charge in [0, 0.05) is 12.3 Å². The topological polar surface area (TPSA) is 37.3 Å². The fourth-order valence-corrected chi connectivity index (χ4v) is 3.17. The van der Waals surface area contributed by atoms with Crippen LogP contribution in [0, 0.1) is 17.8 Å². The van der Waals surface area contributed by atoms with Crippen LogP contribution in [0.5, 0.6) is 0 Å². The maximum atomic E-state index is 11.7.